The van der Waals surface area contributed by atoms with Crippen LogP contribution in [-0.4, -0.2) is 44.3 Å². The number of methoxy groups -OCH3 is 2. The summed E-state index contributed by atoms with van der Waals surface area (Å²) in [6, 6.07) is 7.29. The summed E-state index contributed by atoms with van der Waals surface area (Å²) in [5, 5.41) is 8.71. The minimum Gasteiger partial charge on any atom is -0.480 e. The zero-order valence-corrected chi connectivity index (χ0v) is 17.5. The molecule has 0 aliphatic heterocycles. The van der Waals surface area contributed by atoms with Crippen LogP contribution in [0.1, 0.15) is 34.1 Å². The minimum absolute atomic E-state index is 0.234. The molecule has 0 saturated heterocycles. The first-order chi connectivity index (χ1) is 13.9. The predicted octanol–water partition coefficient (Wildman–Crippen LogP) is 3.29. The summed E-state index contributed by atoms with van der Waals surface area (Å²) >= 11 is 0. The molecule has 0 saturated carbocycles. The molecule has 0 aliphatic carbocycles. The van der Waals surface area contributed by atoms with Gasteiger partial charge in [-0.25, -0.2) is 14.6 Å². The number of ether oxygens (including phenoxy) is 2. The monoisotopic (exact) mass is 400 g/mol. The van der Waals surface area contributed by atoms with Crippen LogP contribution in [0.15, 0.2) is 24.3 Å². The Hall–Kier alpha value is -3.29. The predicted molar refractivity (Wildman–Crippen MR) is 113 cm³/mol. The van der Waals surface area contributed by atoms with Gasteiger partial charge in [0.15, 0.2) is 0 Å². The van der Waals surface area contributed by atoms with Gasteiger partial charge in [-0.1, -0.05) is 13.0 Å². The molecule has 1 heterocycles. The number of nitrogens with one attached hydrogen (secondary N) is 3. The summed E-state index contributed by atoms with van der Waals surface area (Å²) in [7, 11) is 2.75. The lowest BCUT2D eigenvalue weighted by atomic mass is 10.1. The highest BCUT2D eigenvalue weighted by Gasteiger charge is 2.18. The topological polar surface area (TPSA) is 102 Å². The van der Waals surface area contributed by atoms with Gasteiger partial charge < -0.3 is 25.4 Å². The average molecular weight is 400 g/mol. The zero-order chi connectivity index (χ0) is 21.4. The van der Waals surface area contributed by atoms with Gasteiger partial charge in [0.05, 0.1) is 25.5 Å². The Bertz CT molecular complexity index is 863. The van der Waals surface area contributed by atoms with Gasteiger partial charge in [0.2, 0.25) is 5.88 Å². The highest BCUT2D eigenvalue weighted by atomic mass is 16.5. The molecule has 0 fully saturated rings. The second kappa shape index (κ2) is 10.3. The minimum atomic E-state index is -0.516. The molecule has 156 valence electrons. The van der Waals surface area contributed by atoms with Crippen LogP contribution in [0.2, 0.25) is 0 Å². The molecule has 0 radical (unpaired) electrons. The number of aryl methyl sites for hydroxylation is 3. The number of amides is 2. The van der Waals surface area contributed by atoms with Crippen LogP contribution >= 0.6 is 0 Å². The second-order valence-electron chi connectivity index (χ2n) is 6.57. The number of hydrogen-bond acceptors (Lipinski definition) is 6. The van der Waals surface area contributed by atoms with E-state index in [1.807, 2.05) is 32.9 Å². The van der Waals surface area contributed by atoms with Crippen molar-refractivity contribution < 1.29 is 19.1 Å². The zero-order valence-electron chi connectivity index (χ0n) is 17.5. The molecule has 2 rings (SSSR count). The van der Waals surface area contributed by atoms with Gasteiger partial charge in [-0.3, -0.25) is 0 Å². The van der Waals surface area contributed by atoms with Gasteiger partial charge in [0, 0.05) is 18.8 Å². The maximum Gasteiger partial charge on any atom is 0.339 e. The fourth-order valence-corrected chi connectivity index (χ4v) is 2.96. The highest BCUT2D eigenvalue weighted by Crippen LogP contribution is 2.26. The van der Waals surface area contributed by atoms with Gasteiger partial charge >= 0.3 is 12.0 Å². The lowest BCUT2D eigenvalue weighted by Gasteiger charge is -2.14. The molecule has 0 bridgehead atoms. The first kappa shape index (κ1) is 22.0. The quantitative estimate of drug-likeness (QED) is 0.464. The van der Waals surface area contributed by atoms with Crippen LogP contribution in [0.3, 0.4) is 0 Å². The third-order valence-corrected chi connectivity index (χ3v) is 4.21. The molecule has 0 unspecified atom stereocenters. The number of carbonyl (C=O) groups is 2. The maximum absolute atomic E-state index is 12.3. The first-order valence-corrected chi connectivity index (χ1v) is 9.41. The summed E-state index contributed by atoms with van der Waals surface area (Å²) in [5.74, 6) is -0.281. The molecular weight excluding hydrogens is 372 g/mol. The average Bonchev–Trinajstić information content (AvgIpc) is 2.69. The van der Waals surface area contributed by atoms with E-state index in [2.05, 4.69) is 27.0 Å². The summed E-state index contributed by atoms with van der Waals surface area (Å²) in [4.78, 5) is 28.5. The molecule has 0 aliphatic rings. The van der Waals surface area contributed by atoms with Crippen LogP contribution in [0.5, 0.6) is 5.88 Å². The molecule has 1 aromatic heterocycles. The van der Waals surface area contributed by atoms with E-state index >= 15 is 0 Å². The van der Waals surface area contributed by atoms with E-state index in [4.69, 9.17) is 9.47 Å². The van der Waals surface area contributed by atoms with Gasteiger partial charge in [0.1, 0.15) is 5.69 Å². The molecule has 8 heteroatoms. The van der Waals surface area contributed by atoms with Crippen LogP contribution in [0.25, 0.3) is 0 Å². The number of aromatic nitrogens is 1. The van der Waals surface area contributed by atoms with Crippen molar-refractivity contribution in [3.05, 3.63) is 46.6 Å². The molecule has 0 atom stereocenters. The summed E-state index contributed by atoms with van der Waals surface area (Å²) in [6.45, 7) is 6.92. The van der Waals surface area contributed by atoms with Crippen molar-refractivity contribution >= 4 is 23.4 Å². The van der Waals surface area contributed by atoms with E-state index in [9.17, 15) is 9.59 Å². The second-order valence-corrected chi connectivity index (χ2v) is 6.57. The maximum atomic E-state index is 12.3. The third kappa shape index (κ3) is 6.10. The van der Waals surface area contributed by atoms with Crippen molar-refractivity contribution in [3.8, 4) is 5.88 Å². The van der Waals surface area contributed by atoms with Gasteiger partial charge in [-0.2, -0.15) is 0 Å². The van der Waals surface area contributed by atoms with Crippen LogP contribution in [0.4, 0.5) is 16.2 Å². The van der Waals surface area contributed by atoms with E-state index < -0.39 is 12.0 Å². The van der Waals surface area contributed by atoms with Crippen LogP contribution in [0, 0.1) is 13.8 Å². The normalized spacial score (nSPS) is 10.2. The largest absolute Gasteiger partial charge is 0.480 e. The van der Waals surface area contributed by atoms with Gasteiger partial charge in [-0.15, -0.1) is 0 Å². The van der Waals surface area contributed by atoms with Crippen LogP contribution < -0.4 is 20.7 Å². The lowest BCUT2D eigenvalue weighted by molar-refractivity contribution is 0.0599. The summed E-state index contributed by atoms with van der Waals surface area (Å²) in [5.41, 5.74) is 4.49. The lowest BCUT2D eigenvalue weighted by Crippen LogP contribution is -2.33. The Morgan fingerprint density at radius 3 is 2.31 bits per heavy atom. The number of pyridine rings is 1. The number of nitrogens with zero attached hydrogens (tertiary/aromatic N) is 1. The standard InChI is InChI=1S/C21H28N4O4/c1-6-17-16(20(26)29-5)12-18(19(24-17)28-4)25-21(27)23-8-7-22-15-10-13(2)9-14(3)11-15/h9-12,22H,6-8H2,1-5H3,(H2,23,25,27). The number of hydrogen-bond donors (Lipinski definition) is 3. The summed E-state index contributed by atoms with van der Waals surface area (Å²) < 4.78 is 10.0. The van der Waals surface area contributed by atoms with E-state index in [1.165, 1.54) is 31.4 Å². The van der Waals surface area contributed by atoms with E-state index in [1.54, 1.807) is 0 Å². The highest BCUT2D eigenvalue weighted by molar-refractivity contribution is 5.95. The van der Waals surface area contributed by atoms with Crippen molar-refractivity contribution in [2.45, 2.75) is 27.2 Å². The fourth-order valence-electron chi connectivity index (χ4n) is 2.96. The van der Waals surface area contributed by atoms with Crippen molar-refractivity contribution in [2.24, 2.45) is 0 Å². The molecule has 29 heavy (non-hydrogen) atoms. The Kier molecular flexibility index (Phi) is 7.82. The molecular formula is C21H28N4O4. The van der Waals surface area contributed by atoms with E-state index in [-0.39, 0.29) is 5.88 Å². The molecule has 1 aromatic carbocycles. The molecule has 2 aromatic rings. The number of urea groups is 1. The third-order valence-electron chi connectivity index (χ3n) is 4.21. The first-order valence-electron chi connectivity index (χ1n) is 9.41. The van der Waals surface area contributed by atoms with Crippen molar-refractivity contribution in [1.82, 2.24) is 10.3 Å². The molecule has 0 spiro atoms. The fraction of sp³-hybridized carbons (Fsp3) is 0.381. The number of carbonyl (C=O) groups excluding carboxylic acids is 2. The van der Waals surface area contributed by atoms with Crippen molar-refractivity contribution in [2.75, 3.05) is 37.9 Å². The summed E-state index contributed by atoms with van der Waals surface area (Å²) in [6.07, 6.45) is 0.525. The van der Waals surface area contributed by atoms with Gasteiger partial charge in [-0.05, 0) is 49.6 Å². The Balaban J connectivity index is 1.97. The Morgan fingerprint density at radius 1 is 1.03 bits per heavy atom. The number of benzene rings is 1. The Morgan fingerprint density at radius 2 is 1.72 bits per heavy atom. The van der Waals surface area contributed by atoms with Crippen molar-refractivity contribution in [1.29, 1.82) is 0 Å². The van der Waals surface area contributed by atoms with E-state index in [0.717, 1.165) is 5.69 Å². The number of anilines is 2. The van der Waals surface area contributed by atoms with Gasteiger partial charge in [0.25, 0.3) is 0 Å². The molecule has 3 N–H and O–H groups in total. The van der Waals surface area contributed by atoms with Crippen molar-refractivity contribution in [3.63, 3.8) is 0 Å². The molecule has 2 amide bonds. The SMILES string of the molecule is CCc1nc(OC)c(NC(=O)NCCNc2cc(C)cc(C)c2)cc1C(=O)OC. The van der Waals surface area contributed by atoms with Crippen LogP contribution in [-0.2, 0) is 11.2 Å². The number of esters is 1. The molecule has 8 nitrogen and oxygen atoms in total. The Labute approximate surface area is 171 Å². The smallest absolute Gasteiger partial charge is 0.339 e. The van der Waals surface area contributed by atoms with E-state index in [0.29, 0.717) is 36.5 Å². The number of rotatable bonds is 8.